The first-order valence-electron chi connectivity index (χ1n) is 33.4. The van der Waals surface area contributed by atoms with Gasteiger partial charge in [-0.25, -0.2) is 0 Å². The molecule has 466 valence electrons. The minimum atomic E-state index is -0.211. The van der Waals surface area contributed by atoms with Crippen LogP contribution in [0.1, 0.15) is 105 Å². The van der Waals surface area contributed by atoms with Crippen LogP contribution in [0.5, 0.6) is 0 Å². The molecular weight excluding hydrogens is 1190 g/mol. The Kier molecular flexibility index (Phi) is 14.1. The predicted molar refractivity (Wildman–Crippen MR) is 411 cm³/mol. The highest BCUT2D eigenvalue weighted by atomic mass is 35.5. The summed E-state index contributed by atoms with van der Waals surface area (Å²) in [6.45, 7) is 27.4. The Hall–Kier alpha value is -9.59. The standard InChI is InChI=1S/C88H77BClN3OS/c1-85(2,3)58-29-35-63(36-30-58)91(64-37-31-59(32-38-64)86(4,5)6)65-39-41-71-75(53-65)93(73-43-34-61(88(10,11)12)50-68(73)55-23-17-14-18-24-55)77-52-62(90)51-76-84(77)89(71)70-40-27-57(48-74(70)92(76)72-42-33-60(87(7,8)9)49-67(72)54-21-15-13-16-22-54)56-28-45-80-69(47-56)83-81(95-80)46-44-79-82(83)66-25-19-20-26-78(66)94-79/h13-53H,1-12H3. The third-order valence-corrected chi connectivity index (χ3v) is 21.3. The van der Waals surface area contributed by atoms with Crippen molar-refractivity contribution in [1.29, 1.82) is 0 Å². The van der Waals surface area contributed by atoms with Crippen LogP contribution in [-0.4, -0.2) is 6.71 Å². The summed E-state index contributed by atoms with van der Waals surface area (Å²) in [6.07, 6.45) is 0. The van der Waals surface area contributed by atoms with Crippen LogP contribution in [0.4, 0.5) is 51.2 Å². The molecule has 0 amide bonds. The van der Waals surface area contributed by atoms with Crippen molar-refractivity contribution in [1.82, 2.24) is 0 Å². The fourth-order valence-electron chi connectivity index (χ4n) is 14.8. The summed E-state index contributed by atoms with van der Waals surface area (Å²) in [5.41, 5.74) is 26.8. The molecule has 0 saturated carbocycles. The molecule has 2 aromatic heterocycles. The lowest BCUT2D eigenvalue weighted by atomic mass is 9.33. The second kappa shape index (κ2) is 22.3. The van der Waals surface area contributed by atoms with Gasteiger partial charge in [0.15, 0.2) is 0 Å². The van der Waals surface area contributed by atoms with E-state index < -0.39 is 0 Å². The SMILES string of the molecule is CC(C)(C)c1ccc(N(c2ccc(C(C)(C)C)cc2)c2ccc3c(c2)N(c2ccc(C(C)(C)C)cc2-c2ccccc2)c2cc(Cl)cc4c2B3c2ccc(-c3ccc5sc6ccc7oc8ccccc8c7c6c5c3)cc2N4c2ccc(C(C)(C)C)cc2-c2ccccc2)cc1. The summed E-state index contributed by atoms with van der Waals surface area (Å²) in [6, 6.07) is 93.5. The zero-order valence-electron chi connectivity index (χ0n) is 56.3. The Morgan fingerprint density at radius 3 is 1.36 bits per heavy atom. The van der Waals surface area contributed by atoms with Crippen LogP contribution >= 0.6 is 22.9 Å². The summed E-state index contributed by atoms with van der Waals surface area (Å²) >= 11 is 9.77. The van der Waals surface area contributed by atoms with E-state index in [1.807, 2.05) is 11.3 Å². The quantitative estimate of drug-likeness (QED) is 0.141. The number of fused-ring (bicyclic) bond motifs is 11. The van der Waals surface area contributed by atoms with Gasteiger partial charge in [0.25, 0.3) is 6.71 Å². The van der Waals surface area contributed by atoms with E-state index in [1.165, 1.54) is 64.2 Å². The van der Waals surface area contributed by atoms with Crippen molar-refractivity contribution in [2.24, 2.45) is 0 Å². The number of hydrogen-bond acceptors (Lipinski definition) is 5. The van der Waals surface area contributed by atoms with E-state index in [-0.39, 0.29) is 28.4 Å². The highest BCUT2D eigenvalue weighted by Crippen LogP contribution is 2.53. The number of para-hydroxylation sites is 1. The molecule has 0 saturated heterocycles. The molecule has 2 aliphatic heterocycles. The van der Waals surface area contributed by atoms with Gasteiger partial charge in [0.05, 0.1) is 11.4 Å². The Balaban J connectivity index is 0.986. The van der Waals surface area contributed by atoms with Gasteiger partial charge >= 0.3 is 0 Å². The lowest BCUT2D eigenvalue weighted by Crippen LogP contribution is -2.61. The van der Waals surface area contributed by atoms with Crippen LogP contribution < -0.4 is 31.1 Å². The number of anilines is 9. The van der Waals surface area contributed by atoms with Crippen molar-refractivity contribution in [2.45, 2.75) is 105 Å². The van der Waals surface area contributed by atoms with Gasteiger partial charge in [-0.1, -0.05) is 234 Å². The number of hydrogen-bond donors (Lipinski definition) is 0. The van der Waals surface area contributed by atoms with Crippen molar-refractivity contribution in [2.75, 3.05) is 14.7 Å². The van der Waals surface area contributed by atoms with Gasteiger partial charge in [0.1, 0.15) is 11.2 Å². The zero-order chi connectivity index (χ0) is 65.6. The molecule has 4 nitrogen and oxygen atoms in total. The Morgan fingerprint density at radius 1 is 0.347 bits per heavy atom. The number of nitrogens with zero attached hydrogens (tertiary/aromatic N) is 3. The van der Waals surface area contributed by atoms with Crippen LogP contribution in [0.2, 0.25) is 5.02 Å². The molecule has 0 radical (unpaired) electrons. The Morgan fingerprint density at radius 2 is 0.811 bits per heavy atom. The number of thiophene rings is 1. The number of benzene rings is 12. The molecule has 0 N–H and O–H groups in total. The first-order chi connectivity index (χ1) is 45.5. The van der Waals surface area contributed by atoms with E-state index in [9.17, 15) is 0 Å². The maximum absolute atomic E-state index is 7.93. The van der Waals surface area contributed by atoms with Crippen molar-refractivity contribution in [3.05, 3.63) is 276 Å². The van der Waals surface area contributed by atoms with Gasteiger partial charge in [-0.2, -0.15) is 0 Å². The third kappa shape index (κ3) is 10.3. The molecular formula is C88H77BClN3OS. The highest BCUT2D eigenvalue weighted by molar-refractivity contribution is 7.26. The smallest absolute Gasteiger partial charge is 0.252 e. The lowest BCUT2D eigenvalue weighted by molar-refractivity contribution is 0.590. The summed E-state index contributed by atoms with van der Waals surface area (Å²) in [5.74, 6) is 0. The number of rotatable bonds is 8. The van der Waals surface area contributed by atoms with E-state index >= 15 is 0 Å². The van der Waals surface area contributed by atoms with Crippen LogP contribution in [0.15, 0.2) is 253 Å². The van der Waals surface area contributed by atoms with E-state index in [2.05, 4.69) is 347 Å². The maximum atomic E-state index is 7.93. The molecule has 0 fully saturated rings. The molecule has 4 heterocycles. The largest absolute Gasteiger partial charge is 0.456 e. The zero-order valence-corrected chi connectivity index (χ0v) is 57.9. The fraction of sp³-hybridized carbons (Fsp3) is 0.182. The average molecular weight is 1270 g/mol. The Bertz CT molecular complexity index is 5310. The van der Waals surface area contributed by atoms with Crippen LogP contribution in [-0.2, 0) is 21.7 Å². The molecule has 0 unspecified atom stereocenters. The minimum absolute atomic E-state index is 0.0158. The highest BCUT2D eigenvalue weighted by Gasteiger charge is 2.45. The summed E-state index contributed by atoms with van der Waals surface area (Å²) < 4.78 is 9.01. The fourth-order valence-corrected chi connectivity index (χ4v) is 16.1. The Labute approximate surface area is 568 Å². The van der Waals surface area contributed by atoms with Gasteiger partial charge in [0.2, 0.25) is 0 Å². The van der Waals surface area contributed by atoms with Crippen molar-refractivity contribution >= 4 is 139 Å². The van der Waals surface area contributed by atoms with Gasteiger partial charge in [-0.15, -0.1) is 11.3 Å². The van der Waals surface area contributed by atoms with Gasteiger partial charge in [0, 0.05) is 86.9 Å². The first-order valence-corrected chi connectivity index (χ1v) is 34.6. The minimum Gasteiger partial charge on any atom is -0.456 e. The normalized spacial score (nSPS) is 13.3. The molecule has 0 aliphatic carbocycles. The van der Waals surface area contributed by atoms with Crippen molar-refractivity contribution in [3.63, 3.8) is 0 Å². The van der Waals surface area contributed by atoms with Crippen LogP contribution in [0, 0.1) is 0 Å². The van der Waals surface area contributed by atoms with Crippen molar-refractivity contribution < 1.29 is 4.42 Å². The monoisotopic (exact) mass is 1270 g/mol. The summed E-state index contributed by atoms with van der Waals surface area (Å²) in [5, 5.41) is 5.43. The first kappa shape index (κ1) is 60.4. The topological polar surface area (TPSA) is 22.9 Å². The molecule has 95 heavy (non-hydrogen) atoms. The molecule has 0 spiro atoms. The second-order valence-electron chi connectivity index (χ2n) is 30.3. The number of halogens is 1. The van der Waals surface area contributed by atoms with Gasteiger partial charge < -0.3 is 19.1 Å². The van der Waals surface area contributed by atoms with Crippen LogP contribution in [0.3, 0.4) is 0 Å². The van der Waals surface area contributed by atoms with E-state index in [0.717, 1.165) is 101 Å². The lowest BCUT2D eigenvalue weighted by Gasteiger charge is -2.45. The van der Waals surface area contributed by atoms with E-state index in [4.69, 9.17) is 16.0 Å². The van der Waals surface area contributed by atoms with Gasteiger partial charge in [-0.05, 0) is 192 Å². The summed E-state index contributed by atoms with van der Waals surface area (Å²) in [4.78, 5) is 7.55. The molecule has 16 rings (SSSR count). The van der Waals surface area contributed by atoms with Crippen LogP contribution in [0.25, 0.3) is 75.5 Å². The van der Waals surface area contributed by atoms with E-state index in [1.54, 1.807) is 0 Å². The molecule has 7 heteroatoms. The number of furan rings is 1. The molecule has 0 atom stereocenters. The van der Waals surface area contributed by atoms with Crippen molar-refractivity contribution in [3.8, 4) is 33.4 Å². The van der Waals surface area contributed by atoms with E-state index in [0.29, 0.717) is 5.02 Å². The third-order valence-electron chi connectivity index (χ3n) is 19.9. The summed E-state index contributed by atoms with van der Waals surface area (Å²) in [7, 11) is 0. The molecule has 0 bridgehead atoms. The van der Waals surface area contributed by atoms with Gasteiger partial charge in [-0.3, -0.25) is 0 Å². The molecule has 12 aromatic carbocycles. The molecule has 14 aromatic rings. The molecule has 2 aliphatic rings. The predicted octanol–water partition coefficient (Wildman–Crippen LogP) is 24.4. The maximum Gasteiger partial charge on any atom is 0.252 e. The average Bonchev–Trinajstić information content (AvgIpc) is 1.32. The second-order valence-corrected chi connectivity index (χ2v) is 31.8.